The molecule has 28 heavy (non-hydrogen) atoms. The molecule has 1 amide bonds. The molecule has 1 aromatic heterocycles. The summed E-state index contributed by atoms with van der Waals surface area (Å²) in [6.07, 6.45) is 5.47. The van der Waals surface area contributed by atoms with Crippen molar-refractivity contribution in [2.24, 2.45) is 0 Å². The van der Waals surface area contributed by atoms with Crippen molar-refractivity contribution in [2.75, 3.05) is 24.3 Å². The molecule has 0 spiro atoms. The average Bonchev–Trinajstić information content (AvgIpc) is 2.66. The van der Waals surface area contributed by atoms with Gasteiger partial charge in [-0.1, -0.05) is 0 Å². The third-order valence-corrected chi connectivity index (χ3v) is 5.18. The van der Waals surface area contributed by atoms with Gasteiger partial charge in [0.15, 0.2) is 0 Å². The van der Waals surface area contributed by atoms with Gasteiger partial charge in [-0.25, -0.2) is 9.37 Å². The van der Waals surface area contributed by atoms with E-state index in [2.05, 4.69) is 20.6 Å². The van der Waals surface area contributed by atoms with E-state index >= 15 is 0 Å². The van der Waals surface area contributed by atoms with Crippen molar-refractivity contribution in [3.05, 3.63) is 46.9 Å². The molecule has 150 valence electrons. The molecule has 3 rings (SSSR count). The zero-order valence-electron chi connectivity index (χ0n) is 16.9. The minimum absolute atomic E-state index is 0.132. The van der Waals surface area contributed by atoms with E-state index in [1.54, 1.807) is 13.0 Å². The van der Waals surface area contributed by atoms with Gasteiger partial charge in [0.25, 0.3) is 5.91 Å². The van der Waals surface area contributed by atoms with Gasteiger partial charge in [-0.15, -0.1) is 0 Å². The smallest absolute Gasteiger partial charge is 0.251 e. The van der Waals surface area contributed by atoms with Crippen LogP contribution < -0.4 is 15.5 Å². The van der Waals surface area contributed by atoms with Crippen LogP contribution in [0.2, 0.25) is 0 Å². The molecule has 1 heterocycles. The minimum Gasteiger partial charge on any atom is -0.362 e. The van der Waals surface area contributed by atoms with Crippen molar-refractivity contribution in [3.63, 3.8) is 0 Å². The Hall–Kier alpha value is -2.70. The molecule has 0 atom stereocenters. The standard InChI is InChI=1S/C21H28FN5O/c1-13-11-15(5-10-18(13)22)20(28)24-16-6-8-17(9-7-16)25-21-23-12-14(2)19(26-21)27(3)4/h5,10-12,16-17H,6-9H2,1-4H3,(H,24,28)(H,23,25,26). The van der Waals surface area contributed by atoms with E-state index in [0.717, 1.165) is 37.1 Å². The first-order valence-electron chi connectivity index (χ1n) is 9.68. The second-order valence-corrected chi connectivity index (χ2v) is 7.72. The van der Waals surface area contributed by atoms with Crippen molar-refractivity contribution in [2.45, 2.75) is 51.6 Å². The number of carbonyl (C=O) groups excluding carboxylic acids is 1. The molecule has 6 nitrogen and oxygen atoms in total. The van der Waals surface area contributed by atoms with Crippen molar-refractivity contribution in [3.8, 4) is 0 Å². The number of aromatic nitrogens is 2. The Labute approximate surface area is 165 Å². The fourth-order valence-corrected chi connectivity index (χ4v) is 3.57. The Morgan fingerprint density at radius 2 is 1.79 bits per heavy atom. The lowest BCUT2D eigenvalue weighted by atomic mass is 9.91. The Kier molecular flexibility index (Phi) is 6.11. The van der Waals surface area contributed by atoms with Crippen LogP contribution in [-0.2, 0) is 0 Å². The highest BCUT2D eigenvalue weighted by Crippen LogP contribution is 2.23. The van der Waals surface area contributed by atoms with Crippen molar-refractivity contribution in [1.82, 2.24) is 15.3 Å². The number of rotatable bonds is 5. The molecule has 2 N–H and O–H groups in total. The number of hydrogen-bond donors (Lipinski definition) is 2. The first-order valence-corrected chi connectivity index (χ1v) is 9.68. The number of anilines is 2. The van der Waals surface area contributed by atoms with Crippen LogP contribution in [0.1, 0.15) is 47.2 Å². The number of nitrogens with one attached hydrogen (secondary N) is 2. The van der Waals surface area contributed by atoms with Gasteiger partial charge in [0.1, 0.15) is 11.6 Å². The van der Waals surface area contributed by atoms with E-state index in [4.69, 9.17) is 0 Å². The summed E-state index contributed by atoms with van der Waals surface area (Å²) in [7, 11) is 3.94. The molecule has 1 aromatic carbocycles. The third-order valence-electron chi connectivity index (χ3n) is 5.18. The summed E-state index contributed by atoms with van der Waals surface area (Å²) in [5.41, 5.74) is 2.03. The average molecular weight is 385 g/mol. The van der Waals surface area contributed by atoms with Crippen LogP contribution in [0.15, 0.2) is 24.4 Å². The fourth-order valence-electron chi connectivity index (χ4n) is 3.57. The van der Waals surface area contributed by atoms with E-state index in [1.165, 1.54) is 12.1 Å². The van der Waals surface area contributed by atoms with E-state index in [0.29, 0.717) is 23.1 Å². The quantitative estimate of drug-likeness (QED) is 0.825. The molecule has 0 unspecified atom stereocenters. The molecule has 0 radical (unpaired) electrons. The maximum Gasteiger partial charge on any atom is 0.251 e. The van der Waals surface area contributed by atoms with Crippen LogP contribution in [0.25, 0.3) is 0 Å². The van der Waals surface area contributed by atoms with Gasteiger partial charge in [0.2, 0.25) is 5.95 Å². The largest absolute Gasteiger partial charge is 0.362 e. The Bertz CT molecular complexity index is 847. The zero-order valence-corrected chi connectivity index (χ0v) is 16.9. The highest BCUT2D eigenvalue weighted by atomic mass is 19.1. The lowest BCUT2D eigenvalue weighted by Gasteiger charge is -2.30. The topological polar surface area (TPSA) is 70.2 Å². The first kappa shape index (κ1) is 20.0. The fraction of sp³-hybridized carbons (Fsp3) is 0.476. The number of amides is 1. The van der Waals surface area contributed by atoms with Gasteiger partial charge in [-0.2, -0.15) is 4.98 Å². The lowest BCUT2D eigenvalue weighted by Crippen LogP contribution is -2.40. The van der Waals surface area contributed by atoms with E-state index < -0.39 is 0 Å². The normalized spacial score (nSPS) is 19.2. The Morgan fingerprint density at radius 3 is 2.43 bits per heavy atom. The van der Waals surface area contributed by atoms with Crippen LogP contribution in [0, 0.1) is 19.7 Å². The van der Waals surface area contributed by atoms with Gasteiger partial charge in [-0.05, 0) is 63.3 Å². The molecule has 0 bridgehead atoms. The number of benzene rings is 1. The highest BCUT2D eigenvalue weighted by Gasteiger charge is 2.23. The van der Waals surface area contributed by atoms with Crippen LogP contribution in [0.3, 0.4) is 0 Å². The van der Waals surface area contributed by atoms with Crippen molar-refractivity contribution in [1.29, 1.82) is 0 Å². The molecule has 7 heteroatoms. The molecule has 0 saturated heterocycles. The van der Waals surface area contributed by atoms with E-state index in [1.807, 2.05) is 32.1 Å². The number of nitrogens with zero attached hydrogens (tertiary/aromatic N) is 3. The van der Waals surface area contributed by atoms with Gasteiger partial charge in [0.05, 0.1) is 0 Å². The van der Waals surface area contributed by atoms with Crippen molar-refractivity contribution >= 4 is 17.7 Å². The molecule has 0 aliphatic heterocycles. The van der Waals surface area contributed by atoms with Crippen LogP contribution in [0.4, 0.5) is 16.2 Å². The Morgan fingerprint density at radius 1 is 1.11 bits per heavy atom. The second kappa shape index (κ2) is 8.54. The third kappa shape index (κ3) is 4.77. The second-order valence-electron chi connectivity index (χ2n) is 7.72. The molecule has 2 aromatic rings. The molecular weight excluding hydrogens is 357 g/mol. The van der Waals surface area contributed by atoms with Gasteiger partial charge in [0, 0.05) is 43.5 Å². The number of halogens is 1. The number of aryl methyl sites for hydroxylation is 2. The minimum atomic E-state index is -0.293. The molecule has 1 saturated carbocycles. The van der Waals surface area contributed by atoms with Crippen LogP contribution in [-0.4, -0.2) is 42.1 Å². The maximum atomic E-state index is 13.4. The Balaban J connectivity index is 1.52. The summed E-state index contributed by atoms with van der Waals surface area (Å²) in [6, 6.07) is 4.89. The lowest BCUT2D eigenvalue weighted by molar-refractivity contribution is 0.0926. The SMILES string of the molecule is Cc1cc(C(=O)NC2CCC(Nc3ncc(C)c(N(C)C)n3)CC2)ccc1F. The van der Waals surface area contributed by atoms with Crippen LogP contribution in [0.5, 0.6) is 0 Å². The summed E-state index contributed by atoms with van der Waals surface area (Å²) in [4.78, 5) is 23.4. The number of carbonyl (C=O) groups is 1. The summed E-state index contributed by atoms with van der Waals surface area (Å²) < 4.78 is 13.4. The predicted octanol–water partition coefficient (Wildman–Crippen LogP) is 3.45. The van der Waals surface area contributed by atoms with E-state index in [-0.39, 0.29) is 17.8 Å². The summed E-state index contributed by atoms with van der Waals surface area (Å²) in [6.45, 7) is 3.66. The van der Waals surface area contributed by atoms with E-state index in [9.17, 15) is 9.18 Å². The van der Waals surface area contributed by atoms with Gasteiger partial charge >= 0.3 is 0 Å². The molecule has 1 fully saturated rings. The monoisotopic (exact) mass is 385 g/mol. The van der Waals surface area contributed by atoms with Gasteiger partial charge in [-0.3, -0.25) is 4.79 Å². The van der Waals surface area contributed by atoms with Crippen molar-refractivity contribution < 1.29 is 9.18 Å². The summed E-state index contributed by atoms with van der Waals surface area (Å²) in [5.74, 6) is 1.12. The predicted molar refractivity (Wildman–Crippen MR) is 109 cm³/mol. The van der Waals surface area contributed by atoms with Gasteiger partial charge < -0.3 is 15.5 Å². The zero-order chi connectivity index (χ0) is 20.3. The number of hydrogen-bond acceptors (Lipinski definition) is 5. The summed E-state index contributed by atoms with van der Waals surface area (Å²) >= 11 is 0. The molecular formula is C21H28FN5O. The maximum absolute atomic E-state index is 13.4. The molecule has 1 aliphatic rings. The summed E-state index contributed by atoms with van der Waals surface area (Å²) in [5, 5.41) is 6.49. The highest BCUT2D eigenvalue weighted by molar-refractivity contribution is 5.94. The molecule has 1 aliphatic carbocycles. The first-order chi connectivity index (χ1) is 13.3. The van der Waals surface area contributed by atoms with Crippen LogP contribution >= 0.6 is 0 Å².